The summed E-state index contributed by atoms with van der Waals surface area (Å²) in [4.78, 5) is 35.7. The van der Waals surface area contributed by atoms with Crippen LogP contribution in [0.1, 0.15) is 27.4 Å². The molecule has 0 aliphatic carbocycles. The van der Waals surface area contributed by atoms with Gasteiger partial charge in [0.2, 0.25) is 0 Å². The Balaban J connectivity index is 1.76. The number of hydrogen-bond acceptors (Lipinski definition) is 4. The first-order chi connectivity index (χ1) is 13.9. The molecule has 29 heavy (non-hydrogen) atoms. The van der Waals surface area contributed by atoms with Crippen molar-refractivity contribution in [3.8, 4) is 0 Å². The van der Waals surface area contributed by atoms with Gasteiger partial charge < -0.3 is 4.90 Å². The molecule has 2 heterocycles. The molecule has 1 N–H and O–H groups in total. The van der Waals surface area contributed by atoms with E-state index >= 15 is 0 Å². The Bertz CT molecular complexity index is 1260. The summed E-state index contributed by atoms with van der Waals surface area (Å²) in [5.74, 6) is 0.515. The highest BCUT2D eigenvalue weighted by molar-refractivity contribution is 6.30. The fourth-order valence-corrected chi connectivity index (χ4v) is 3.21. The third-order valence-corrected chi connectivity index (χ3v) is 4.71. The molecule has 0 fully saturated rings. The molecular weight excluding hydrogens is 390 g/mol. The number of fused-ring (bicyclic) bond motifs is 1. The fraction of sp³-hybridized carbons (Fsp3) is 0.143. The summed E-state index contributed by atoms with van der Waals surface area (Å²) >= 11 is 5.96. The van der Waals surface area contributed by atoms with Crippen molar-refractivity contribution >= 4 is 29.0 Å². The predicted octanol–water partition coefficient (Wildman–Crippen LogP) is 3.53. The molecule has 7 nitrogen and oxygen atoms in total. The number of carbonyl (C=O) groups is 1. The number of carbonyl (C=O) groups excluding carboxylic acids is 1. The van der Waals surface area contributed by atoms with Gasteiger partial charge in [-0.3, -0.25) is 14.7 Å². The smallest absolute Gasteiger partial charge is 0.274 e. The van der Waals surface area contributed by atoms with E-state index in [0.717, 1.165) is 11.3 Å². The first-order valence-corrected chi connectivity index (χ1v) is 9.38. The molecule has 2 aromatic heterocycles. The fourth-order valence-electron chi connectivity index (χ4n) is 3.08. The predicted molar refractivity (Wildman–Crippen MR) is 111 cm³/mol. The zero-order valence-electron chi connectivity index (χ0n) is 15.9. The van der Waals surface area contributed by atoms with E-state index in [9.17, 15) is 9.59 Å². The van der Waals surface area contributed by atoms with Crippen molar-refractivity contribution in [2.24, 2.45) is 0 Å². The second kappa shape index (κ2) is 7.52. The van der Waals surface area contributed by atoms with Gasteiger partial charge in [0.05, 0.1) is 6.54 Å². The van der Waals surface area contributed by atoms with E-state index in [1.165, 1.54) is 10.6 Å². The van der Waals surface area contributed by atoms with Gasteiger partial charge in [0.25, 0.3) is 17.2 Å². The third-order valence-electron chi connectivity index (χ3n) is 4.46. The molecule has 0 saturated carbocycles. The van der Waals surface area contributed by atoms with Crippen molar-refractivity contribution in [1.29, 1.82) is 0 Å². The minimum absolute atomic E-state index is 0.146. The highest BCUT2D eigenvalue weighted by atomic mass is 35.5. The van der Waals surface area contributed by atoms with Crippen LogP contribution in [0, 0.1) is 13.8 Å². The van der Waals surface area contributed by atoms with Crippen molar-refractivity contribution in [1.82, 2.24) is 19.6 Å². The van der Waals surface area contributed by atoms with Gasteiger partial charge in [-0.05, 0) is 55.8 Å². The number of aryl methyl sites for hydroxylation is 2. The largest absolute Gasteiger partial charge is 0.301 e. The van der Waals surface area contributed by atoms with Crippen LogP contribution < -0.4 is 10.5 Å². The van der Waals surface area contributed by atoms with Gasteiger partial charge in [-0.25, -0.2) is 4.98 Å². The molecule has 2 aromatic carbocycles. The van der Waals surface area contributed by atoms with E-state index in [0.29, 0.717) is 22.1 Å². The van der Waals surface area contributed by atoms with Crippen LogP contribution in [0.15, 0.2) is 59.4 Å². The SMILES string of the molecule is Cc1cccc(N(Cc2nc3nc(C)cc(=O)n3[nH]2)C(=O)c2ccc(Cl)cc2)c1. The van der Waals surface area contributed by atoms with Gasteiger partial charge in [0.15, 0.2) is 0 Å². The molecule has 0 radical (unpaired) electrons. The molecular formula is C21H18ClN5O2. The Hall–Kier alpha value is -3.45. The van der Waals surface area contributed by atoms with Gasteiger partial charge >= 0.3 is 0 Å². The summed E-state index contributed by atoms with van der Waals surface area (Å²) in [6.45, 7) is 3.84. The number of rotatable bonds is 4. The number of aromatic nitrogens is 4. The molecule has 0 bridgehead atoms. The minimum atomic E-state index is -0.252. The number of benzene rings is 2. The maximum Gasteiger partial charge on any atom is 0.274 e. The Kier molecular flexibility index (Phi) is 4.90. The van der Waals surface area contributed by atoms with Crippen molar-refractivity contribution in [2.45, 2.75) is 20.4 Å². The van der Waals surface area contributed by atoms with Gasteiger partial charge in [0, 0.05) is 28.0 Å². The number of halogens is 1. The molecule has 0 unspecified atom stereocenters. The molecule has 4 aromatic rings. The normalized spacial score (nSPS) is 11.0. The molecule has 0 atom stereocenters. The summed E-state index contributed by atoms with van der Waals surface area (Å²) in [6, 6.07) is 15.8. The third kappa shape index (κ3) is 3.90. The van der Waals surface area contributed by atoms with Crippen molar-refractivity contribution in [3.05, 3.63) is 92.6 Å². The van der Waals surface area contributed by atoms with Gasteiger partial charge in [-0.15, -0.1) is 0 Å². The molecule has 1 amide bonds. The molecule has 0 spiro atoms. The van der Waals surface area contributed by atoms with E-state index in [2.05, 4.69) is 15.1 Å². The van der Waals surface area contributed by atoms with E-state index < -0.39 is 0 Å². The van der Waals surface area contributed by atoms with Crippen LogP contribution in [0.5, 0.6) is 0 Å². The minimum Gasteiger partial charge on any atom is -0.301 e. The maximum atomic E-state index is 13.3. The molecule has 0 aliphatic heterocycles. The second-order valence-corrected chi connectivity index (χ2v) is 7.22. The van der Waals surface area contributed by atoms with Crippen molar-refractivity contribution in [3.63, 3.8) is 0 Å². The maximum absolute atomic E-state index is 13.3. The quantitative estimate of drug-likeness (QED) is 0.561. The number of hydrogen-bond donors (Lipinski definition) is 1. The summed E-state index contributed by atoms with van der Waals surface area (Å²) in [5, 5.41) is 3.49. The Labute approximate surface area is 171 Å². The van der Waals surface area contributed by atoms with Crippen LogP contribution in [0.4, 0.5) is 5.69 Å². The van der Waals surface area contributed by atoms with E-state index in [4.69, 9.17) is 11.6 Å². The Morgan fingerprint density at radius 1 is 1.10 bits per heavy atom. The first kappa shape index (κ1) is 18.9. The number of nitrogens with one attached hydrogen (secondary N) is 1. The average molecular weight is 408 g/mol. The van der Waals surface area contributed by atoms with E-state index in [1.54, 1.807) is 36.1 Å². The number of amides is 1. The van der Waals surface area contributed by atoms with Crippen molar-refractivity contribution < 1.29 is 4.79 Å². The average Bonchev–Trinajstić information content (AvgIpc) is 3.09. The van der Waals surface area contributed by atoms with Gasteiger partial charge in [-0.1, -0.05) is 23.7 Å². The zero-order valence-corrected chi connectivity index (χ0v) is 16.6. The van der Waals surface area contributed by atoms with Crippen LogP contribution >= 0.6 is 11.6 Å². The topological polar surface area (TPSA) is 83.4 Å². The van der Waals surface area contributed by atoms with Crippen LogP contribution in [0.25, 0.3) is 5.78 Å². The van der Waals surface area contributed by atoms with Gasteiger partial charge in [-0.2, -0.15) is 9.50 Å². The number of H-pyrrole nitrogens is 1. The summed E-state index contributed by atoms with van der Waals surface area (Å²) in [6.07, 6.45) is 0. The second-order valence-electron chi connectivity index (χ2n) is 6.78. The molecule has 0 saturated heterocycles. The lowest BCUT2D eigenvalue weighted by Gasteiger charge is -2.22. The number of anilines is 1. The molecule has 146 valence electrons. The lowest BCUT2D eigenvalue weighted by atomic mass is 10.1. The Morgan fingerprint density at radius 3 is 2.59 bits per heavy atom. The molecule has 0 aliphatic rings. The highest BCUT2D eigenvalue weighted by Gasteiger charge is 2.20. The molecule has 4 rings (SSSR count). The number of nitrogens with zero attached hydrogens (tertiary/aromatic N) is 4. The van der Waals surface area contributed by atoms with Crippen LogP contribution in [-0.2, 0) is 6.54 Å². The van der Waals surface area contributed by atoms with Crippen molar-refractivity contribution in [2.75, 3.05) is 4.90 Å². The lowest BCUT2D eigenvalue weighted by Crippen LogP contribution is -2.31. The Morgan fingerprint density at radius 2 is 1.86 bits per heavy atom. The summed E-state index contributed by atoms with van der Waals surface area (Å²) < 4.78 is 1.27. The summed E-state index contributed by atoms with van der Waals surface area (Å²) in [5.41, 5.74) is 2.58. The van der Waals surface area contributed by atoms with Crippen LogP contribution in [0.2, 0.25) is 5.02 Å². The lowest BCUT2D eigenvalue weighted by molar-refractivity contribution is 0.0984. The summed E-state index contributed by atoms with van der Waals surface area (Å²) in [7, 11) is 0. The van der Waals surface area contributed by atoms with Crippen LogP contribution in [-0.4, -0.2) is 25.5 Å². The van der Waals surface area contributed by atoms with Gasteiger partial charge in [0.1, 0.15) is 5.82 Å². The van der Waals surface area contributed by atoms with Crippen LogP contribution in [0.3, 0.4) is 0 Å². The first-order valence-electron chi connectivity index (χ1n) is 9.00. The zero-order chi connectivity index (χ0) is 20.5. The monoisotopic (exact) mass is 407 g/mol. The molecule has 8 heteroatoms. The highest BCUT2D eigenvalue weighted by Crippen LogP contribution is 2.21. The van der Waals surface area contributed by atoms with E-state index in [-0.39, 0.29) is 23.8 Å². The van der Waals surface area contributed by atoms with E-state index in [1.807, 2.05) is 31.2 Å². The standard InChI is InChI=1S/C21H18ClN5O2/c1-13-4-3-5-17(10-13)26(20(29)15-6-8-16(22)9-7-15)12-18-24-21-23-14(2)11-19(28)27(21)25-18/h3-11H,12H2,1-2H3,(H,23,24,25). The number of aromatic amines is 1.